The van der Waals surface area contributed by atoms with Crippen molar-refractivity contribution in [2.75, 3.05) is 0 Å². The molecule has 3 aromatic heterocycles. The summed E-state index contributed by atoms with van der Waals surface area (Å²) in [5, 5.41) is 15.3. The van der Waals surface area contributed by atoms with Crippen molar-refractivity contribution >= 4 is 86.7 Å². The Morgan fingerprint density at radius 3 is 1.00 bits per heavy atom. The highest BCUT2D eigenvalue weighted by molar-refractivity contribution is 6.18. The summed E-state index contributed by atoms with van der Waals surface area (Å²) in [4.78, 5) is 16.0. The maximum absolute atomic E-state index is 5.34. The average molecular weight is 834 g/mol. The van der Waals surface area contributed by atoms with Crippen molar-refractivity contribution in [3.8, 4) is 46.2 Å². The molecule has 0 fully saturated rings. The van der Waals surface area contributed by atoms with Crippen molar-refractivity contribution in [1.82, 2.24) is 15.0 Å². The molecular weight excluding hydrogens is 799 g/mol. The molecule has 0 bridgehead atoms. The first-order chi connectivity index (χ1) is 32.7. The molecule has 0 aliphatic carbocycles. The lowest BCUT2D eigenvalue weighted by Gasteiger charge is -2.14. The SMILES string of the molecule is C(#Cc1c2ccccc2cc2ccccc12)c1ccc2c(-c3ccccc3)nc3nc4nc(-c5ccccc5)c5ccc(C#Cc6c7ccccc7cc7ccccc67)cc5c4cc3c2c1. The van der Waals surface area contributed by atoms with E-state index in [0.29, 0.717) is 11.3 Å². The van der Waals surface area contributed by atoms with Crippen molar-refractivity contribution in [2.24, 2.45) is 0 Å². The highest BCUT2D eigenvalue weighted by Crippen LogP contribution is 2.38. The first-order valence-corrected chi connectivity index (χ1v) is 22.2. The molecule has 13 aromatic rings. The Labute approximate surface area is 380 Å². The van der Waals surface area contributed by atoms with Gasteiger partial charge in [0.2, 0.25) is 0 Å². The molecule has 3 heteroatoms. The second-order valence-corrected chi connectivity index (χ2v) is 16.8. The van der Waals surface area contributed by atoms with Gasteiger partial charge in [-0.15, -0.1) is 0 Å². The average Bonchev–Trinajstić information content (AvgIpc) is 3.38. The van der Waals surface area contributed by atoms with E-state index in [9.17, 15) is 0 Å². The number of hydrogen-bond acceptors (Lipinski definition) is 3. The zero-order valence-corrected chi connectivity index (χ0v) is 35.5. The summed E-state index contributed by atoms with van der Waals surface area (Å²) >= 11 is 0. The molecule has 3 heterocycles. The second kappa shape index (κ2) is 15.3. The third-order valence-corrected chi connectivity index (χ3v) is 12.8. The fourth-order valence-electron chi connectivity index (χ4n) is 9.69. The molecule has 66 heavy (non-hydrogen) atoms. The Morgan fingerprint density at radius 2 is 0.606 bits per heavy atom. The molecule has 0 N–H and O–H groups in total. The third kappa shape index (κ3) is 6.30. The van der Waals surface area contributed by atoms with Gasteiger partial charge in [-0.05, 0) is 96.3 Å². The summed E-state index contributed by atoms with van der Waals surface area (Å²) < 4.78 is 0. The van der Waals surface area contributed by atoms with Crippen LogP contribution in [0.3, 0.4) is 0 Å². The van der Waals surface area contributed by atoms with Gasteiger partial charge in [-0.3, -0.25) is 0 Å². The fraction of sp³-hybridized carbons (Fsp3) is 0. The van der Waals surface area contributed by atoms with Crippen LogP contribution in [0.5, 0.6) is 0 Å². The molecule has 0 spiro atoms. The summed E-state index contributed by atoms with van der Waals surface area (Å²) in [6.07, 6.45) is 0. The van der Waals surface area contributed by atoms with Gasteiger partial charge in [0.1, 0.15) is 0 Å². The van der Waals surface area contributed by atoms with E-state index >= 15 is 0 Å². The zero-order valence-electron chi connectivity index (χ0n) is 35.5. The standard InChI is InChI=1S/C63H35N3/c1-3-15-42(16-4-1)60-54-33-29-40(27-31-52-48-23-11-7-19-44(48)37-45-20-8-12-24-49(45)52)35-56(54)58-39-59-57-36-41(28-32-53-50-25-13-9-21-46(50)38-47-22-10-14-26-51(47)53)30-34-55(57)61(43-17-5-2-6-18-43)65-63(59)66-62(58)64-60/h1-26,29-30,33-39H. The molecule has 10 aromatic carbocycles. The van der Waals surface area contributed by atoms with E-state index in [-0.39, 0.29) is 0 Å². The number of hydrogen-bond donors (Lipinski definition) is 0. The van der Waals surface area contributed by atoms with Gasteiger partial charge in [0.15, 0.2) is 11.3 Å². The topological polar surface area (TPSA) is 38.7 Å². The third-order valence-electron chi connectivity index (χ3n) is 12.8. The minimum absolute atomic E-state index is 0.628. The highest BCUT2D eigenvalue weighted by Gasteiger charge is 2.18. The molecule has 0 saturated carbocycles. The first kappa shape index (κ1) is 37.4. The Bertz CT molecular complexity index is 3900. The Kier molecular flexibility index (Phi) is 8.66. The Morgan fingerprint density at radius 1 is 0.242 bits per heavy atom. The van der Waals surface area contributed by atoms with Crippen LogP contribution in [0.25, 0.3) is 109 Å². The predicted octanol–water partition coefficient (Wildman–Crippen LogP) is 15.2. The van der Waals surface area contributed by atoms with Gasteiger partial charge in [0.05, 0.1) is 11.4 Å². The largest absolute Gasteiger partial charge is 0.227 e. The molecule has 302 valence electrons. The van der Waals surface area contributed by atoms with E-state index < -0.39 is 0 Å². The van der Waals surface area contributed by atoms with Gasteiger partial charge in [-0.1, -0.05) is 194 Å². The van der Waals surface area contributed by atoms with Crippen molar-refractivity contribution in [3.63, 3.8) is 0 Å². The summed E-state index contributed by atoms with van der Waals surface area (Å²) in [5.74, 6) is 14.4. The van der Waals surface area contributed by atoms with Crippen LogP contribution in [-0.2, 0) is 0 Å². The van der Waals surface area contributed by atoms with E-state index in [2.05, 4.69) is 224 Å². The van der Waals surface area contributed by atoms with E-state index in [0.717, 1.165) is 98.6 Å². The quantitative estimate of drug-likeness (QED) is 0.0989. The fourth-order valence-corrected chi connectivity index (χ4v) is 9.69. The highest BCUT2D eigenvalue weighted by atomic mass is 14.9. The molecule has 0 aliphatic heterocycles. The summed E-state index contributed by atoms with van der Waals surface area (Å²) in [6.45, 7) is 0. The van der Waals surface area contributed by atoms with Crippen LogP contribution >= 0.6 is 0 Å². The number of nitrogens with zero attached hydrogens (tertiary/aromatic N) is 3. The lowest BCUT2D eigenvalue weighted by atomic mass is 9.95. The molecule has 0 amide bonds. The predicted molar refractivity (Wildman–Crippen MR) is 276 cm³/mol. The summed E-state index contributed by atoms with van der Waals surface area (Å²) in [7, 11) is 0. The van der Waals surface area contributed by atoms with Crippen molar-refractivity contribution in [2.45, 2.75) is 0 Å². The van der Waals surface area contributed by atoms with Gasteiger partial charge in [0, 0.05) is 54.9 Å². The number of benzene rings is 10. The van der Waals surface area contributed by atoms with Crippen molar-refractivity contribution in [3.05, 3.63) is 235 Å². The molecular formula is C63H35N3. The van der Waals surface area contributed by atoms with Crippen LogP contribution in [0.15, 0.2) is 212 Å². The Hall–Kier alpha value is -9.15. The maximum Gasteiger partial charge on any atom is 0.162 e. The molecule has 0 atom stereocenters. The Balaban J connectivity index is 1.06. The molecule has 0 unspecified atom stereocenters. The summed E-state index contributed by atoms with van der Waals surface area (Å²) in [6, 6.07) is 74.4. The molecule has 3 nitrogen and oxygen atoms in total. The molecule has 13 rings (SSSR count). The van der Waals surface area contributed by atoms with Crippen LogP contribution in [0.2, 0.25) is 0 Å². The van der Waals surface area contributed by atoms with Crippen LogP contribution in [0, 0.1) is 23.7 Å². The normalized spacial score (nSPS) is 11.4. The van der Waals surface area contributed by atoms with Gasteiger partial charge >= 0.3 is 0 Å². The van der Waals surface area contributed by atoms with Crippen molar-refractivity contribution < 1.29 is 0 Å². The minimum atomic E-state index is 0.628. The van der Waals surface area contributed by atoms with E-state index in [4.69, 9.17) is 15.0 Å². The smallest absolute Gasteiger partial charge is 0.162 e. The maximum atomic E-state index is 5.34. The molecule has 0 saturated heterocycles. The van der Waals surface area contributed by atoms with Gasteiger partial charge < -0.3 is 0 Å². The second-order valence-electron chi connectivity index (χ2n) is 16.8. The molecule has 0 aliphatic rings. The lowest BCUT2D eigenvalue weighted by Crippen LogP contribution is -1.97. The summed E-state index contributed by atoms with van der Waals surface area (Å²) in [5.41, 5.74) is 8.91. The van der Waals surface area contributed by atoms with Crippen LogP contribution < -0.4 is 0 Å². The monoisotopic (exact) mass is 833 g/mol. The van der Waals surface area contributed by atoms with Crippen LogP contribution in [-0.4, -0.2) is 15.0 Å². The number of aromatic nitrogens is 3. The lowest BCUT2D eigenvalue weighted by molar-refractivity contribution is 1.29. The van der Waals surface area contributed by atoms with Crippen molar-refractivity contribution in [1.29, 1.82) is 0 Å². The van der Waals surface area contributed by atoms with Gasteiger partial charge in [0.25, 0.3) is 0 Å². The van der Waals surface area contributed by atoms with Crippen LogP contribution in [0.4, 0.5) is 0 Å². The number of fused-ring (bicyclic) bond motifs is 10. The minimum Gasteiger partial charge on any atom is -0.227 e. The van der Waals surface area contributed by atoms with Gasteiger partial charge in [-0.25, -0.2) is 15.0 Å². The van der Waals surface area contributed by atoms with E-state index in [1.54, 1.807) is 0 Å². The number of pyridine rings is 3. The zero-order chi connectivity index (χ0) is 43.6. The van der Waals surface area contributed by atoms with Crippen LogP contribution in [0.1, 0.15) is 22.3 Å². The number of rotatable bonds is 2. The van der Waals surface area contributed by atoms with E-state index in [1.807, 2.05) is 12.1 Å². The van der Waals surface area contributed by atoms with E-state index in [1.165, 1.54) is 21.5 Å². The van der Waals surface area contributed by atoms with Gasteiger partial charge in [-0.2, -0.15) is 0 Å². The molecule has 0 radical (unpaired) electrons. The first-order valence-electron chi connectivity index (χ1n) is 22.2.